The zero-order valence-electron chi connectivity index (χ0n) is 15.2. The van der Waals surface area contributed by atoms with Gasteiger partial charge in [0, 0.05) is 0 Å². The topological polar surface area (TPSA) is 129 Å². The van der Waals surface area contributed by atoms with Crippen molar-refractivity contribution in [2.45, 2.75) is 68.9 Å². The van der Waals surface area contributed by atoms with Crippen LogP contribution in [0.3, 0.4) is 0 Å². The molecule has 3 fully saturated rings. The molecule has 27 heavy (non-hydrogen) atoms. The highest BCUT2D eigenvalue weighted by atomic mass is 16.5. The lowest BCUT2D eigenvalue weighted by molar-refractivity contribution is -0.151. The summed E-state index contributed by atoms with van der Waals surface area (Å²) in [7, 11) is 0. The van der Waals surface area contributed by atoms with Gasteiger partial charge in [-0.3, -0.25) is 19.3 Å². The number of nitriles is 1. The summed E-state index contributed by atoms with van der Waals surface area (Å²) in [6, 6.07) is 1.55. The molecule has 1 saturated heterocycles. The Bertz CT molecular complexity index is 686. The largest absolute Gasteiger partial charge is 0.454 e. The van der Waals surface area contributed by atoms with Gasteiger partial charge in [-0.15, -0.1) is 0 Å². The third kappa shape index (κ3) is 3.89. The smallest absolute Gasteiger partial charge is 0.326 e. The molecule has 146 valence electrons. The second kappa shape index (κ2) is 7.55. The minimum absolute atomic E-state index is 0.406. The predicted octanol–water partition coefficient (Wildman–Crippen LogP) is 0.737. The SMILES string of the molecule is N#CC1(NC(=O)COC(=O)CN2C(=O)NC3(CCCC3)C2=O)CCCCC1. The van der Waals surface area contributed by atoms with Crippen molar-refractivity contribution < 1.29 is 23.9 Å². The van der Waals surface area contributed by atoms with E-state index in [1.807, 2.05) is 0 Å². The van der Waals surface area contributed by atoms with Crippen LogP contribution >= 0.6 is 0 Å². The van der Waals surface area contributed by atoms with Gasteiger partial charge >= 0.3 is 12.0 Å². The zero-order valence-corrected chi connectivity index (χ0v) is 15.2. The van der Waals surface area contributed by atoms with Crippen LogP contribution < -0.4 is 10.6 Å². The van der Waals surface area contributed by atoms with Gasteiger partial charge in [0.1, 0.15) is 17.6 Å². The van der Waals surface area contributed by atoms with Gasteiger partial charge in [-0.2, -0.15) is 5.26 Å². The van der Waals surface area contributed by atoms with E-state index in [2.05, 4.69) is 16.7 Å². The lowest BCUT2D eigenvalue weighted by Gasteiger charge is -2.31. The van der Waals surface area contributed by atoms with Crippen LogP contribution in [0.15, 0.2) is 0 Å². The molecule has 0 aromatic heterocycles. The monoisotopic (exact) mass is 376 g/mol. The van der Waals surface area contributed by atoms with Crippen LogP contribution in [0.5, 0.6) is 0 Å². The van der Waals surface area contributed by atoms with Crippen molar-refractivity contribution in [2.75, 3.05) is 13.2 Å². The highest BCUT2D eigenvalue weighted by Gasteiger charge is 2.52. The lowest BCUT2D eigenvalue weighted by atomic mass is 9.83. The number of nitrogens with zero attached hydrogens (tertiary/aromatic N) is 2. The summed E-state index contributed by atoms with van der Waals surface area (Å²) < 4.78 is 4.91. The summed E-state index contributed by atoms with van der Waals surface area (Å²) >= 11 is 0. The minimum atomic E-state index is -0.901. The number of hydrogen-bond acceptors (Lipinski definition) is 6. The molecule has 0 radical (unpaired) electrons. The highest BCUT2D eigenvalue weighted by molar-refractivity contribution is 6.08. The Morgan fingerprint density at radius 1 is 1.11 bits per heavy atom. The van der Waals surface area contributed by atoms with Gasteiger partial charge in [-0.25, -0.2) is 4.79 Å². The normalized spacial score (nSPS) is 23.0. The van der Waals surface area contributed by atoms with Gasteiger partial charge < -0.3 is 15.4 Å². The highest BCUT2D eigenvalue weighted by Crippen LogP contribution is 2.35. The number of carbonyl (C=O) groups excluding carboxylic acids is 4. The standard InChI is InChI=1S/C18H24N4O5/c19-12-17(6-2-1-3-7-17)20-13(23)11-27-14(24)10-22-15(25)18(21-16(22)26)8-4-5-9-18/h1-11H2,(H,20,23)(H,21,26). The molecule has 3 rings (SSSR count). The number of esters is 1. The first-order valence-corrected chi connectivity index (χ1v) is 9.42. The predicted molar refractivity (Wildman–Crippen MR) is 92.0 cm³/mol. The molecule has 2 saturated carbocycles. The molecule has 1 aliphatic heterocycles. The van der Waals surface area contributed by atoms with Gasteiger partial charge in [0.05, 0.1) is 6.07 Å². The van der Waals surface area contributed by atoms with Gasteiger partial charge in [0.2, 0.25) is 0 Å². The van der Waals surface area contributed by atoms with E-state index in [-0.39, 0.29) is 0 Å². The second-order valence-corrected chi connectivity index (χ2v) is 7.57. The van der Waals surface area contributed by atoms with E-state index in [4.69, 9.17) is 4.74 Å². The molecule has 0 aromatic carbocycles. The second-order valence-electron chi connectivity index (χ2n) is 7.57. The average molecular weight is 376 g/mol. The first-order chi connectivity index (χ1) is 12.9. The Kier molecular flexibility index (Phi) is 5.35. The lowest BCUT2D eigenvalue weighted by Crippen LogP contribution is -2.50. The molecular weight excluding hydrogens is 352 g/mol. The number of urea groups is 1. The van der Waals surface area contributed by atoms with Crippen molar-refractivity contribution in [1.29, 1.82) is 5.26 Å². The summed E-state index contributed by atoms with van der Waals surface area (Å²) in [4.78, 5) is 49.4. The molecule has 0 aromatic rings. The number of nitrogens with one attached hydrogen (secondary N) is 2. The van der Waals surface area contributed by atoms with Gasteiger partial charge in [0.15, 0.2) is 6.61 Å². The molecule has 0 bridgehead atoms. The van der Waals surface area contributed by atoms with Crippen molar-refractivity contribution in [1.82, 2.24) is 15.5 Å². The minimum Gasteiger partial charge on any atom is -0.454 e. The van der Waals surface area contributed by atoms with E-state index in [1.54, 1.807) is 0 Å². The fourth-order valence-corrected chi connectivity index (χ4v) is 4.18. The average Bonchev–Trinajstić information content (AvgIpc) is 3.22. The summed E-state index contributed by atoms with van der Waals surface area (Å²) in [5, 5.41) is 14.7. The summed E-state index contributed by atoms with van der Waals surface area (Å²) in [5.41, 5.74) is -1.78. The zero-order chi connectivity index (χ0) is 19.5. The summed E-state index contributed by atoms with van der Waals surface area (Å²) in [6.45, 7) is -1.07. The number of rotatable bonds is 5. The molecule has 1 spiro atoms. The van der Waals surface area contributed by atoms with Crippen molar-refractivity contribution in [2.24, 2.45) is 0 Å². The maximum absolute atomic E-state index is 12.5. The van der Waals surface area contributed by atoms with Crippen LogP contribution in [-0.2, 0) is 19.1 Å². The quantitative estimate of drug-likeness (QED) is 0.538. The Hall–Kier alpha value is -2.63. The van der Waals surface area contributed by atoms with Gasteiger partial charge in [-0.1, -0.05) is 32.1 Å². The molecule has 3 aliphatic rings. The fraction of sp³-hybridized carbons (Fsp3) is 0.722. The van der Waals surface area contributed by atoms with E-state index in [1.165, 1.54) is 0 Å². The summed E-state index contributed by atoms with van der Waals surface area (Å²) in [6.07, 6.45) is 6.76. The Labute approximate surface area is 157 Å². The van der Waals surface area contributed by atoms with Crippen LogP contribution in [0.1, 0.15) is 57.8 Å². The molecule has 4 amide bonds. The Balaban J connectivity index is 1.48. The molecule has 9 heteroatoms. The summed E-state index contributed by atoms with van der Waals surface area (Å²) in [5.74, 6) is -1.80. The Morgan fingerprint density at radius 2 is 1.74 bits per heavy atom. The number of carbonyl (C=O) groups is 4. The van der Waals surface area contributed by atoms with Crippen LogP contribution in [0.2, 0.25) is 0 Å². The van der Waals surface area contributed by atoms with E-state index in [0.29, 0.717) is 25.7 Å². The molecule has 0 unspecified atom stereocenters. The van der Waals surface area contributed by atoms with Crippen molar-refractivity contribution in [3.63, 3.8) is 0 Å². The van der Waals surface area contributed by atoms with E-state index in [0.717, 1.165) is 37.0 Å². The van der Waals surface area contributed by atoms with E-state index >= 15 is 0 Å². The van der Waals surface area contributed by atoms with Crippen LogP contribution in [0, 0.1) is 11.3 Å². The van der Waals surface area contributed by atoms with Crippen LogP contribution in [-0.4, -0.2) is 52.9 Å². The number of amides is 4. The van der Waals surface area contributed by atoms with Crippen molar-refractivity contribution in [3.8, 4) is 6.07 Å². The number of imide groups is 1. The molecule has 0 atom stereocenters. The molecule has 2 aliphatic carbocycles. The fourth-order valence-electron chi connectivity index (χ4n) is 4.18. The maximum Gasteiger partial charge on any atom is 0.326 e. The first kappa shape index (κ1) is 19.1. The molecule has 9 nitrogen and oxygen atoms in total. The van der Waals surface area contributed by atoms with E-state index < -0.39 is 48.0 Å². The van der Waals surface area contributed by atoms with Crippen molar-refractivity contribution >= 4 is 23.8 Å². The van der Waals surface area contributed by atoms with Gasteiger partial charge in [-0.05, 0) is 25.7 Å². The van der Waals surface area contributed by atoms with Crippen molar-refractivity contribution in [3.05, 3.63) is 0 Å². The third-order valence-electron chi connectivity index (χ3n) is 5.65. The number of ether oxygens (including phenoxy) is 1. The maximum atomic E-state index is 12.5. The third-order valence-corrected chi connectivity index (χ3v) is 5.65. The first-order valence-electron chi connectivity index (χ1n) is 9.42. The van der Waals surface area contributed by atoms with Crippen LogP contribution in [0.4, 0.5) is 4.79 Å². The molecule has 1 heterocycles. The molecule has 2 N–H and O–H groups in total. The molecular formula is C18H24N4O5. The van der Waals surface area contributed by atoms with E-state index in [9.17, 15) is 24.4 Å². The van der Waals surface area contributed by atoms with Crippen LogP contribution in [0.25, 0.3) is 0 Å². The Morgan fingerprint density at radius 3 is 2.37 bits per heavy atom. The van der Waals surface area contributed by atoms with Gasteiger partial charge in [0.25, 0.3) is 11.8 Å². The number of hydrogen-bond donors (Lipinski definition) is 2.